The number of unbranched alkanes of at least 4 members (excludes halogenated alkanes) is 1. The summed E-state index contributed by atoms with van der Waals surface area (Å²) in [6.07, 6.45) is 5.95. The lowest BCUT2D eigenvalue weighted by Crippen LogP contribution is -2.50. The Balaban J connectivity index is 2.34. The van der Waals surface area contributed by atoms with Gasteiger partial charge in [0.2, 0.25) is 5.82 Å². The molecule has 1 aliphatic rings. The van der Waals surface area contributed by atoms with Gasteiger partial charge in [-0.15, -0.1) is 0 Å². The van der Waals surface area contributed by atoms with Gasteiger partial charge in [-0.25, -0.2) is 4.39 Å². The molecule has 1 aliphatic carbocycles. The van der Waals surface area contributed by atoms with Crippen LogP contribution in [0.3, 0.4) is 0 Å². The molecule has 0 N–H and O–H groups in total. The van der Waals surface area contributed by atoms with Crippen LogP contribution in [0.1, 0.15) is 64.4 Å². The summed E-state index contributed by atoms with van der Waals surface area (Å²) in [4.78, 5) is 0. The summed E-state index contributed by atoms with van der Waals surface area (Å²) in [6.45, 7) is 4.18. The number of rotatable bonds is 10. The van der Waals surface area contributed by atoms with Gasteiger partial charge in [-0.1, -0.05) is 25.8 Å². The fraction of sp³-hybridized carbons (Fsp3) is 0.714. The van der Waals surface area contributed by atoms with Crippen LogP contribution in [-0.2, 0) is 18.7 Å². The maximum absolute atomic E-state index is 15.1. The van der Waals surface area contributed by atoms with E-state index in [0.29, 0.717) is 12.2 Å². The first kappa shape index (κ1) is 23.3. The quantitative estimate of drug-likeness (QED) is 0.464. The molecule has 0 aliphatic heterocycles. The lowest BCUT2D eigenvalue weighted by Gasteiger charge is -2.44. The van der Waals surface area contributed by atoms with Crippen LogP contribution in [-0.4, -0.2) is 36.7 Å². The van der Waals surface area contributed by atoms with Crippen molar-refractivity contribution in [1.29, 1.82) is 0 Å². The molecule has 0 unspecified atom stereocenters. The molecule has 1 saturated carbocycles. The van der Waals surface area contributed by atoms with E-state index >= 15 is 4.39 Å². The molecule has 28 heavy (non-hydrogen) atoms. The summed E-state index contributed by atoms with van der Waals surface area (Å²) >= 11 is 0. The molecule has 0 bridgehead atoms. The smallest absolute Gasteiger partial charge is 0.491 e. The van der Waals surface area contributed by atoms with Crippen molar-refractivity contribution in [1.82, 2.24) is 0 Å². The molecule has 0 saturated heterocycles. The fourth-order valence-electron chi connectivity index (χ4n) is 4.65. The van der Waals surface area contributed by atoms with E-state index in [2.05, 4.69) is 6.92 Å². The minimum atomic E-state index is -2.74. The second kappa shape index (κ2) is 10.1. The van der Waals surface area contributed by atoms with E-state index < -0.39 is 20.4 Å². The average molecular weight is 417 g/mol. The van der Waals surface area contributed by atoms with Crippen LogP contribution >= 0.6 is 0 Å². The molecule has 4 nitrogen and oxygen atoms in total. The molecule has 1 fully saturated rings. The van der Waals surface area contributed by atoms with Crippen molar-refractivity contribution < 1.29 is 26.8 Å². The van der Waals surface area contributed by atoms with Gasteiger partial charge < -0.3 is 18.0 Å². The Hall–Kier alpha value is -1.02. The predicted molar refractivity (Wildman–Crippen MR) is 108 cm³/mol. The number of hydrogen-bond acceptors (Lipinski definition) is 4. The summed E-state index contributed by atoms with van der Waals surface area (Å²) < 4.78 is 51.8. The SMILES string of the molecule is CCCCC1(c2ccc(OCC)c(F)c2F)CCC([Si](OC)(OC)OC)CC1. The monoisotopic (exact) mass is 416 g/mol. The van der Waals surface area contributed by atoms with Gasteiger partial charge in [-0.2, -0.15) is 4.39 Å². The lowest BCUT2D eigenvalue weighted by atomic mass is 9.66. The zero-order chi connectivity index (χ0) is 20.8. The molecule has 0 atom stereocenters. The zero-order valence-electron chi connectivity index (χ0n) is 17.8. The highest BCUT2D eigenvalue weighted by molar-refractivity contribution is 6.62. The molecule has 2 rings (SSSR count). The second-order valence-electron chi connectivity index (χ2n) is 7.55. The molecule has 0 radical (unpaired) electrons. The van der Waals surface area contributed by atoms with E-state index in [1.54, 1.807) is 40.4 Å². The van der Waals surface area contributed by atoms with Crippen LogP contribution < -0.4 is 4.74 Å². The van der Waals surface area contributed by atoms with E-state index in [9.17, 15) is 4.39 Å². The standard InChI is InChI=1S/C21H34F2O4Si/c1-6-8-13-21(17-9-10-18(27-7-2)20(23)19(17)22)14-11-16(12-15-21)28(24-3,25-4)26-5/h9-10,16H,6-8,11-15H2,1-5H3. The minimum absolute atomic E-state index is 0.0207. The van der Waals surface area contributed by atoms with Gasteiger partial charge in [0.25, 0.3) is 0 Å². The van der Waals surface area contributed by atoms with Crippen LogP contribution in [0.15, 0.2) is 12.1 Å². The summed E-state index contributed by atoms with van der Waals surface area (Å²) in [5.74, 6) is -1.67. The van der Waals surface area contributed by atoms with Gasteiger partial charge >= 0.3 is 8.80 Å². The third-order valence-corrected chi connectivity index (χ3v) is 9.51. The van der Waals surface area contributed by atoms with E-state index in [4.69, 9.17) is 18.0 Å². The molecule has 0 spiro atoms. The van der Waals surface area contributed by atoms with Gasteiger partial charge in [0.1, 0.15) is 0 Å². The van der Waals surface area contributed by atoms with Crippen LogP contribution in [0.5, 0.6) is 5.75 Å². The number of benzene rings is 1. The summed E-state index contributed by atoms with van der Waals surface area (Å²) in [6, 6.07) is 3.28. The first-order chi connectivity index (χ1) is 13.4. The number of hydrogen-bond donors (Lipinski definition) is 0. The highest BCUT2D eigenvalue weighted by atomic mass is 28.4. The van der Waals surface area contributed by atoms with Crippen molar-refractivity contribution >= 4 is 8.80 Å². The van der Waals surface area contributed by atoms with Gasteiger partial charge in [0, 0.05) is 26.9 Å². The Kier molecular flexibility index (Phi) is 8.42. The summed E-state index contributed by atoms with van der Waals surface area (Å²) in [7, 11) is 2.13. The third-order valence-electron chi connectivity index (χ3n) is 6.22. The molecule has 7 heteroatoms. The highest BCUT2D eigenvalue weighted by Gasteiger charge is 2.51. The molecule has 1 aromatic rings. The minimum Gasteiger partial charge on any atom is -0.491 e. The molecule has 0 aromatic heterocycles. The first-order valence-corrected chi connectivity index (χ1v) is 12.0. The second-order valence-corrected chi connectivity index (χ2v) is 10.8. The van der Waals surface area contributed by atoms with E-state index in [0.717, 1.165) is 44.9 Å². The predicted octanol–water partition coefficient (Wildman–Crippen LogP) is 5.61. The fourth-order valence-corrected chi connectivity index (χ4v) is 7.15. The first-order valence-electron chi connectivity index (χ1n) is 10.2. The van der Waals surface area contributed by atoms with Crippen molar-refractivity contribution in [3.8, 4) is 5.75 Å². The normalized spacial score (nSPS) is 23.0. The molecule has 0 amide bonds. The summed E-state index contributed by atoms with van der Waals surface area (Å²) in [5, 5.41) is 0. The Morgan fingerprint density at radius 1 is 1.00 bits per heavy atom. The molecule has 160 valence electrons. The number of halogens is 2. The molecular weight excluding hydrogens is 382 g/mol. The van der Waals surface area contributed by atoms with Gasteiger partial charge in [0.15, 0.2) is 11.6 Å². The van der Waals surface area contributed by atoms with Gasteiger partial charge in [-0.3, -0.25) is 0 Å². The summed E-state index contributed by atoms with van der Waals surface area (Å²) in [5.41, 5.74) is 0.259. The van der Waals surface area contributed by atoms with Gasteiger partial charge in [0.05, 0.1) is 6.61 Å². The van der Waals surface area contributed by atoms with Crippen LogP contribution in [0, 0.1) is 11.6 Å². The Bertz CT molecular complexity index is 621. The lowest BCUT2D eigenvalue weighted by molar-refractivity contribution is 0.0965. The van der Waals surface area contributed by atoms with Crippen molar-refractivity contribution in [2.75, 3.05) is 27.9 Å². The highest BCUT2D eigenvalue weighted by Crippen LogP contribution is 2.51. The maximum atomic E-state index is 15.1. The van der Waals surface area contributed by atoms with Crippen molar-refractivity contribution in [3.63, 3.8) is 0 Å². The third kappa shape index (κ3) is 4.42. The van der Waals surface area contributed by atoms with Crippen LogP contribution in [0.25, 0.3) is 0 Å². The maximum Gasteiger partial charge on any atom is 0.503 e. The molecule has 1 aromatic carbocycles. The average Bonchev–Trinajstić information content (AvgIpc) is 2.73. The van der Waals surface area contributed by atoms with Crippen LogP contribution in [0.4, 0.5) is 8.78 Å². The molecular formula is C21H34F2O4Si. The zero-order valence-corrected chi connectivity index (χ0v) is 18.8. The van der Waals surface area contributed by atoms with Crippen LogP contribution in [0.2, 0.25) is 5.54 Å². The van der Waals surface area contributed by atoms with E-state index in [1.165, 1.54) is 0 Å². The molecule has 0 heterocycles. The van der Waals surface area contributed by atoms with Crippen molar-refractivity contribution in [2.45, 2.75) is 69.7 Å². The van der Waals surface area contributed by atoms with E-state index in [1.807, 2.05) is 0 Å². The number of ether oxygens (including phenoxy) is 1. The topological polar surface area (TPSA) is 36.9 Å². The Morgan fingerprint density at radius 2 is 1.61 bits per heavy atom. The van der Waals surface area contributed by atoms with Crippen molar-refractivity contribution in [3.05, 3.63) is 29.3 Å². The Labute approximate surface area is 168 Å². The largest absolute Gasteiger partial charge is 0.503 e. The van der Waals surface area contributed by atoms with Crippen molar-refractivity contribution in [2.24, 2.45) is 0 Å². The van der Waals surface area contributed by atoms with E-state index in [-0.39, 0.29) is 16.7 Å². The van der Waals surface area contributed by atoms with Gasteiger partial charge in [-0.05, 0) is 56.1 Å². The Morgan fingerprint density at radius 3 is 2.11 bits per heavy atom.